The van der Waals surface area contributed by atoms with Crippen LogP contribution >= 0.6 is 11.6 Å². The van der Waals surface area contributed by atoms with Crippen LogP contribution in [0.5, 0.6) is 0 Å². The van der Waals surface area contributed by atoms with Gasteiger partial charge in [-0.1, -0.05) is 30.2 Å². The Morgan fingerprint density at radius 1 is 1.25 bits per heavy atom. The van der Waals surface area contributed by atoms with Gasteiger partial charge in [0.05, 0.1) is 0 Å². The zero-order valence-electron chi connectivity index (χ0n) is 9.21. The fraction of sp³-hybridized carbons (Fsp3) is 0.462. The van der Waals surface area contributed by atoms with Gasteiger partial charge in [0.1, 0.15) is 0 Å². The van der Waals surface area contributed by atoms with E-state index in [0.29, 0.717) is 6.42 Å². The molecule has 1 N–H and O–H groups in total. The van der Waals surface area contributed by atoms with Crippen molar-refractivity contribution in [3.63, 3.8) is 0 Å². The first kappa shape index (κ1) is 11.5. The fourth-order valence-electron chi connectivity index (χ4n) is 2.11. The summed E-state index contributed by atoms with van der Waals surface area (Å²) in [7, 11) is 0. The molecule has 1 aromatic carbocycles. The van der Waals surface area contributed by atoms with Crippen molar-refractivity contribution in [2.45, 2.75) is 38.1 Å². The summed E-state index contributed by atoms with van der Waals surface area (Å²) >= 11 is 5.83. The van der Waals surface area contributed by atoms with E-state index in [-0.39, 0.29) is 11.9 Å². The molecule has 1 atom stereocenters. The number of nitrogens with one attached hydrogen (secondary N) is 1. The van der Waals surface area contributed by atoms with Gasteiger partial charge in [-0.15, -0.1) is 0 Å². The van der Waals surface area contributed by atoms with E-state index < -0.39 is 0 Å². The molecule has 2 rings (SSSR count). The summed E-state index contributed by atoms with van der Waals surface area (Å²) in [5.74, 6) is 0.191. The number of benzene rings is 1. The van der Waals surface area contributed by atoms with E-state index in [2.05, 4.69) is 5.32 Å². The normalized spacial score (nSPS) is 21.3. The zero-order valence-corrected chi connectivity index (χ0v) is 9.96. The van der Waals surface area contributed by atoms with E-state index in [1.165, 1.54) is 5.56 Å². The van der Waals surface area contributed by atoms with Crippen LogP contribution in [0.3, 0.4) is 0 Å². The van der Waals surface area contributed by atoms with Crippen molar-refractivity contribution in [1.82, 2.24) is 5.32 Å². The Labute approximate surface area is 101 Å². The smallest absolute Gasteiger partial charge is 0.220 e. The first-order valence-electron chi connectivity index (χ1n) is 5.78. The predicted octanol–water partition coefficient (Wildman–Crippen LogP) is 2.94. The first-order chi connectivity index (χ1) is 7.74. The molecule has 0 aliphatic carbocycles. The van der Waals surface area contributed by atoms with Crippen molar-refractivity contribution in [3.05, 3.63) is 34.9 Å². The lowest BCUT2D eigenvalue weighted by Crippen LogP contribution is -2.34. The summed E-state index contributed by atoms with van der Waals surface area (Å²) in [6.07, 6.45) is 4.81. The zero-order chi connectivity index (χ0) is 11.4. The Hall–Kier alpha value is -1.02. The second kappa shape index (κ2) is 5.35. The molecule has 1 aliphatic rings. The number of amides is 1. The van der Waals surface area contributed by atoms with Gasteiger partial charge in [0.15, 0.2) is 0 Å². The highest BCUT2D eigenvalue weighted by molar-refractivity contribution is 6.30. The summed E-state index contributed by atoms with van der Waals surface area (Å²) in [6, 6.07) is 8.14. The Bertz CT molecular complexity index is 361. The van der Waals surface area contributed by atoms with Crippen molar-refractivity contribution in [2.24, 2.45) is 0 Å². The van der Waals surface area contributed by atoms with Gasteiger partial charge in [-0.3, -0.25) is 4.79 Å². The van der Waals surface area contributed by atoms with Gasteiger partial charge >= 0.3 is 0 Å². The lowest BCUT2D eigenvalue weighted by molar-refractivity contribution is -0.121. The van der Waals surface area contributed by atoms with E-state index in [1.54, 1.807) is 0 Å². The third-order valence-electron chi connectivity index (χ3n) is 2.97. The Morgan fingerprint density at radius 2 is 2.00 bits per heavy atom. The molecular weight excluding hydrogens is 222 g/mol. The third-order valence-corrected chi connectivity index (χ3v) is 3.22. The van der Waals surface area contributed by atoms with Crippen LogP contribution < -0.4 is 5.32 Å². The number of carbonyl (C=O) groups is 1. The average Bonchev–Trinajstić information content (AvgIpc) is 2.46. The van der Waals surface area contributed by atoms with Crippen LogP contribution in [0.4, 0.5) is 0 Å². The molecule has 0 saturated carbocycles. The van der Waals surface area contributed by atoms with Crippen molar-refractivity contribution in [1.29, 1.82) is 0 Å². The Morgan fingerprint density at radius 3 is 2.75 bits per heavy atom. The molecule has 0 bridgehead atoms. The van der Waals surface area contributed by atoms with Gasteiger partial charge in [0, 0.05) is 17.5 Å². The molecule has 1 heterocycles. The van der Waals surface area contributed by atoms with Crippen molar-refractivity contribution in [2.75, 3.05) is 0 Å². The molecule has 0 spiro atoms. The van der Waals surface area contributed by atoms with Gasteiger partial charge in [-0.05, 0) is 37.0 Å². The SMILES string of the molecule is O=C1CCCCC(Cc2ccc(Cl)cc2)N1. The largest absolute Gasteiger partial charge is 0.353 e. The lowest BCUT2D eigenvalue weighted by atomic mass is 10.0. The van der Waals surface area contributed by atoms with Crippen LogP contribution in [0.1, 0.15) is 31.2 Å². The Balaban J connectivity index is 1.97. The second-order valence-corrected chi connectivity index (χ2v) is 4.78. The van der Waals surface area contributed by atoms with Gasteiger partial charge in [-0.25, -0.2) is 0 Å². The van der Waals surface area contributed by atoms with Crippen LogP contribution in [-0.2, 0) is 11.2 Å². The maximum Gasteiger partial charge on any atom is 0.220 e. The minimum absolute atomic E-state index is 0.191. The molecule has 0 radical (unpaired) electrons. The maximum atomic E-state index is 11.4. The van der Waals surface area contributed by atoms with Gasteiger partial charge < -0.3 is 5.32 Å². The van der Waals surface area contributed by atoms with Crippen molar-refractivity contribution < 1.29 is 4.79 Å². The third kappa shape index (κ3) is 3.24. The van der Waals surface area contributed by atoms with E-state index in [0.717, 1.165) is 30.7 Å². The van der Waals surface area contributed by atoms with Crippen LogP contribution in [0.2, 0.25) is 5.02 Å². The number of hydrogen-bond donors (Lipinski definition) is 1. The Kier molecular flexibility index (Phi) is 3.83. The molecule has 1 aliphatic heterocycles. The summed E-state index contributed by atoms with van der Waals surface area (Å²) in [5.41, 5.74) is 1.23. The van der Waals surface area contributed by atoms with Crippen LogP contribution in [0.15, 0.2) is 24.3 Å². The monoisotopic (exact) mass is 237 g/mol. The molecule has 1 saturated heterocycles. The maximum absolute atomic E-state index is 11.4. The van der Waals surface area contributed by atoms with Gasteiger partial charge in [-0.2, -0.15) is 0 Å². The lowest BCUT2D eigenvalue weighted by Gasteiger charge is -2.15. The van der Waals surface area contributed by atoms with Gasteiger partial charge in [0.2, 0.25) is 5.91 Å². The highest BCUT2D eigenvalue weighted by atomic mass is 35.5. The second-order valence-electron chi connectivity index (χ2n) is 4.34. The van der Waals surface area contributed by atoms with Crippen molar-refractivity contribution >= 4 is 17.5 Å². The molecule has 1 amide bonds. The molecule has 0 aromatic heterocycles. The molecule has 16 heavy (non-hydrogen) atoms. The first-order valence-corrected chi connectivity index (χ1v) is 6.15. The highest BCUT2D eigenvalue weighted by Gasteiger charge is 2.16. The summed E-state index contributed by atoms with van der Waals surface area (Å²) in [4.78, 5) is 11.4. The summed E-state index contributed by atoms with van der Waals surface area (Å²) in [5, 5.41) is 3.83. The molecule has 3 heteroatoms. The summed E-state index contributed by atoms with van der Waals surface area (Å²) in [6.45, 7) is 0. The molecule has 1 unspecified atom stereocenters. The molecule has 1 aromatic rings. The minimum Gasteiger partial charge on any atom is -0.353 e. The molecule has 1 fully saturated rings. The fourth-order valence-corrected chi connectivity index (χ4v) is 2.23. The number of carbonyl (C=O) groups excluding carboxylic acids is 1. The van der Waals surface area contributed by atoms with Crippen LogP contribution in [-0.4, -0.2) is 11.9 Å². The molecular formula is C13H16ClNO. The quantitative estimate of drug-likeness (QED) is 0.842. The summed E-state index contributed by atoms with van der Waals surface area (Å²) < 4.78 is 0. The predicted molar refractivity (Wildman–Crippen MR) is 65.6 cm³/mol. The van der Waals surface area contributed by atoms with Crippen LogP contribution in [0.25, 0.3) is 0 Å². The van der Waals surface area contributed by atoms with E-state index in [9.17, 15) is 4.79 Å². The number of halogens is 1. The van der Waals surface area contributed by atoms with Crippen LogP contribution in [0, 0.1) is 0 Å². The number of rotatable bonds is 2. The average molecular weight is 238 g/mol. The van der Waals surface area contributed by atoms with Crippen molar-refractivity contribution in [3.8, 4) is 0 Å². The topological polar surface area (TPSA) is 29.1 Å². The number of hydrogen-bond acceptors (Lipinski definition) is 1. The van der Waals surface area contributed by atoms with E-state index in [1.807, 2.05) is 24.3 Å². The van der Waals surface area contributed by atoms with Gasteiger partial charge in [0.25, 0.3) is 0 Å². The standard InChI is InChI=1S/C13H16ClNO/c14-11-7-5-10(6-8-11)9-12-3-1-2-4-13(16)15-12/h5-8,12H,1-4,9H2,(H,15,16). The molecule has 2 nitrogen and oxygen atoms in total. The van der Waals surface area contributed by atoms with E-state index >= 15 is 0 Å². The van der Waals surface area contributed by atoms with E-state index in [4.69, 9.17) is 11.6 Å². The minimum atomic E-state index is 0.191. The highest BCUT2D eigenvalue weighted by Crippen LogP contribution is 2.15. The molecule has 86 valence electrons.